The van der Waals surface area contributed by atoms with Crippen molar-refractivity contribution in [2.45, 2.75) is 13.5 Å². The van der Waals surface area contributed by atoms with Gasteiger partial charge in [0, 0.05) is 17.3 Å². The summed E-state index contributed by atoms with van der Waals surface area (Å²) in [5, 5.41) is 12.0. The number of fused-ring (bicyclic) bond motifs is 3. The van der Waals surface area contributed by atoms with Gasteiger partial charge in [-0.3, -0.25) is 4.98 Å². The summed E-state index contributed by atoms with van der Waals surface area (Å²) in [5.41, 5.74) is 3.38. The number of carboxylic acid groups (broad SMARTS) is 1. The molecule has 0 aliphatic carbocycles. The van der Waals surface area contributed by atoms with Crippen LogP contribution < -0.4 is 5.32 Å². The first-order chi connectivity index (χ1) is 8.15. The number of nitrogens with zero attached hydrogens (tertiary/aromatic N) is 1. The Balaban J connectivity index is 2.19. The standard InChI is InChI=1S/C12H10N2O3/c1-6-2-3-7-9(14-6)5-13-8-4-10(12(15)16)17-11(7)8/h2-4,13H,5H2,1H3,(H,15,16). The van der Waals surface area contributed by atoms with Crippen molar-refractivity contribution in [3.63, 3.8) is 0 Å². The molecule has 5 nitrogen and oxygen atoms in total. The molecule has 2 aromatic rings. The number of carbonyl (C=O) groups is 1. The first kappa shape index (κ1) is 9.89. The van der Waals surface area contributed by atoms with Crippen LogP contribution in [0.2, 0.25) is 0 Å². The second-order valence-electron chi connectivity index (χ2n) is 3.96. The third kappa shape index (κ3) is 1.47. The zero-order valence-electron chi connectivity index (χ0n) is 9.15. The lowest BCUT2D eigenvalue weighted by Crippen LogP contribution is -2.09. The summed E-state index contributed by atoms with van der Waals surface area (Å²) in [4.78, 5) is 15.2. The number of aromatic carboxylic acids is 1. The number of hydrogen-bond donors (Lipinski definition) is 2. The molecule has 2 N–H and O–H groups in total. The molecule has 0 radical (unpaired) electrons. The van der Waals surface area contributed by atoms with Crippen molar-refractivity contribution in [2.75, 3.05) is 5.32 Å². The zero-order chi connectivity index (χ0) is 12.0. The molecule has 86 valence electrons. The monoisotopic (exact) mass is 230 g/mol. The third-order valence-electron chi connectivity index (χ3n) is 2.75. The Labute approximate surface area is 97.1 Å². The van der Waals surface area contributed by atoms with E-state index < -0.39 is 5.97 Å². The maximum Gasteiger partial charge on any atom is 0.371 e. The molecule has 0 saturated heterocycles. The Morgan fingerprint density at radius 2 is 2.35 bits per heavy atom. The predicted octanol–water partition coefficient (Wildman–Crippen LogP) is 2.27. The predicted molar refractivity (Wildman–Crippen MR) is 61.0 cm³/mol. The molecule has 0 spiro atoms. The van der Waals surface area contributed by atoms with Crippen LogP contribution in [0.25, 0.3) is 11.3 Å². The molecular weight excluding hydrogens is 220 g/mol. The van der Waals surface area contributed by atoms with E-state index in [1.807, 2.05) is 19.1 Å². The molecule has 0 saturated carbocycles. The van der Waals surface area contributed by atoms with Crippen molar-refractivity contribution in [1.29, 1.82) is 0 Å². The number of aromatic nitrogens is 1. The topological polar surface area (TPSA) is 75.4 Å². The van der Waals surface area contributed by atoms with Crippen LogP contribution in [0.4, 0.5) is 5.69 Å². The second-order valence-corrected chi connectivity index (χ2v) is 3.96. The molecule has 0 fully saturated rings. The van der Waals surface area contributed by atoms with Crippen LogP contribution in [0, 0.1) is 6.92 Å². The minimum atomic E-state index is -1.07. The third-order valence-corrected chi connectivity index (χ3v) is 2.75. The van der Waals surface area contributed by atoms with Gasteiger partial charge in [0.15, 0.2) is 5.76 Å². The fourth-order valence-corrected chi connectivity index (χ4v) is 1.96. The van der Waals surface area contributed by atoms with Gasteiger partial charge in [-0.15, -0.1) is 0 Å². The van der Waals surface area contributed by atoms with Gasteiger partial charge >= 0.3 is 5.97 Å². The number of aryl methyl sites for hydroxylation is 1. The molecular formula is C12H10N2O3. The van der Waals surface area contributed by atoms with Gasteiger partial charge in [0.25, 0.3) is 0 Å². The highest BCUT2D eigenvalue weighted by Crippen LogP contribution is 2.37. The van der Waals surface area contributed by atoms with Gasteiger partial charge in [0.2, 0.25) is 5.76 Å². The van der Waals surface area contributed by atoms with E-state index >= 15 is 0 Å². The van der Waals surface area contributed by atoms with Gasteiger partial charge in [-0.2, -0.15) is 0 Å². The first-order valence-corrected chi connectivity index (χ1v) is 5.23. The number of rotatable bonds is 1. The van der Waals surface area contributed by atoms with E-state index in [2.05, 4.69) is 10.3 Å². The van der Waals surface area contributed by atoms with Crippen molar-refractivity contribution in [3.05, 3.63) is 35.3 Å². The van der Waals surface area contributed by atoms with Gasteiger partial charge in [-0.25, -0.2) is 4.79 Å². The van der Waals surface area contributed by atoms with E-state index in [-0.39, 0.29) is 5.76 Å². The number of hydrogen-bond acceptors (Lipinski definition) is 4. The fraction of sp³-hybridized carbons (Fsp3) is 0.167. The lowest BCUT2D eigenvalue weighted by Gasteiger charge is -2.16. The zero-order valence-corrected chi connectivity index (χ0v) is 9.15. The maximum absolute atomic E-state index is 10.8. The number of nitrogens with one attached hydrogen (secondary N) is 1. The normalized spacial score (nSPS) is 12.5. The van der Waals surface area contributed by atoms with Gasteiger partial charge in [-0.05, 0) is 19.1 Å². The fourth-order valence-electron chi connectivity index (χ4n) is 1.96. The van der Waals surface area contributed by atoms with E-state index in [0.29, 0.717) is 18.0 Å². The van der Waals surface area contributed by atoms with Crippen molar-refractivity contribution in [2.24, 2.45) is 0 Å². The number of pyridine rings is 1. The van der Waals surface area contributed by atoms with Crippen LogP contribution in [0.5, 0.6) is 0 Å². The molecule has 1 aliphatic heterocycles. The van der Waals surface area contributed by atoms with Gasteiger partial charge < -0.3 is 14.8 Å². The molecule has 0 unspecified atom stereocenters. The van der Waals surface area contributed by atoms with Crippen LogP contribution in [0.3, 0.4) is 0 Å². The lowest BCUT2D eigenvalue weighted by atomic mass is 10.1. The number of anilines is 1. The highest BCUT2D eigenvalue weighted by atomic mass is 16.4. The van der Waals surface area contributed by atoms with Crippen molar-refractivity contribution in [1.82, 2.24) is 4.98 Å². The lowest BCUT2D eigenvalue weighted by molar-refractivity contribution is 0.0663. The van der Waals surface area contributed by atoms with Crippen LogP contribution in [0.1, 0.15) is 21.9 Å². The molecule has 0 amide bonds. The largest absolute Gasteiger partial charge is 0.475 e. The minimum Gasteiger partial charge on any atom is -0.475 e. The van der Waals surface area contributed by atoms with Crippen molar-refractivity contribution < 1.29 is 14.3 Å². The molecule has 0 aromatic carbocycles. The average molecular weight is 230 g/mol. The van der Waals surface area contributed by atoms with E-state index in [4.69, 9.17) is 9.52 Å². The van der Waals surface area contributed by atoms with Gasteiger partial charge in [-0.1, -0.05) is 0 Å². The highest BCUT2D eigenvalue weighted by Gasteiger charge is 2.23. The Morgan fingerprint density at radius 3 is 3.12 bits per heavy atom. The van der Waals surface area contributed by atoms with Gasteiger partial charge in [0.1, 0.15) is 0 Å². The summed E-state index contributed by atoms with van der Waals surface area (Å²) < 4.78 is 5.33. The molecule has 5 heteroatoms. The van der Waals surface area contributed by atoms with Crippen LogP contribution in [-0.4, -0.2) is 16.1 Å². The average Bonchev–Trinajstić information content (AvgIpc) is 2.72. The van der Waals surface area contributed by atoms with Gasteiger partial charge in [0.05, 0.1) is 17.9 Å². The SMILES string of the molecule is Cc1ccc2c(n1)CNc1cc(C(=O)O)oc1-2. The number of furan rings is 1. The summed E-state index contributed by atoms with van der Waals surface area (Å²) in [5.74, 6) is -0.574. The van der Waals surface area contributed by atoms with E-state index in [0.717, 1.165) is 17.0 Å². The first-order valence-electron chi connectivity index (χ1n) is 5.23. The van der Waals surface area contributed by atoms with Crippen LogP contribution in [-0.2, 0) is 6.54 Å². The Morgan fingerprint density at radius 1 is 1.53 bits per heavy atom. The van der Waals surface area contributed by atoms with E-state index in [1.54, 1.807) is 0 Å². The Hall–Kier alpha value is -2.30. The summed E-state index contributed by atoms with van der Waals surface area (Å²) in [7, 11) is 0. The minimum absolute atomic E-state index is 0.0593. The summed E-state index contributed by atoms with van der Waals surface area (Å²) in [6.45, 7) is 2.50. The summed E-state index contributed by atoms with van der Waals surface area (Å²) in [6, 6.07) is 5.30. The Bertz CT molecular complexity index is 616. The smallest absolute Gasteiger partial charge is 0.371 e. The molecule has 2 aromatic heterocycles. The van der Waals surface area contributed by atoms with E-state index in [1.165, 1.54) is 6.07 Å². The van der Waals surface area contributed by atoms with Crippen LogP contribution >= 0.6 is 0 Å². The second kappa shape index (κ2) is 3.35. The van der Waals surface area contributed by atoms with Crippen LogP contribution in [0.15, 0.2) is 22.6 Å². The van der Waals surface area contributed by atoms with E-state index in [9.17, 15) is 4.79 Å². The summed E-state index contributed by atoms with van der Waals surface area (Å²) >= 11 is 0. The summed E-state index contributed by atoms with van der Waals surface area (Å²) in [6.07, 6.45) is 0. The number of carboxylic acids is 1. The van der Waals surface area contributed by atoms with Crippen molar-refractivity contribution in [3.8, 4) is 11.3 Å². The molecule has 0 atom stereocenters. The van der Waals surface area contributed by atoms with Crippen molar-refractivity contribution >= 4 is 11.7 Å². The quantitative estimate of drug-likeness (QED) is 0.786. The molecule has 17 heavy (non-hydrogen) atoms. The molecule has 3 rings (SSSR count). The molecule has 0 bridgehead atoms. The maximum atomic E-state index is 10.8. The molecule has 3 heterocycles. The Kier molecular flexibility index (Phi) is 1.95. The molecule has 1 aliphatic rings. The highest BCUT2D eigenvalue weighted by molar-refractivity contribution is 5.89.